The number of aromatic amines is 1. The van der Waals surface area contributed by atoms with Crippen molar-refractivity contribution in [3.8, 4) is 11.8 Å². The third-order valence-corrected chi connectivity index (χ3v) is 4.54. The van der Waals surface area contributed by atoms with Gasteiger partial charge in [-0.2, -0.15) is 14.0 Å². The van der Waals surface area contributed by atoms with E-state index in [9.17, 15) is 23.2 Å². The molecule has 0 spiro atoms. The number of pyridine rings is 1. The normalized spacial score (nSPS) is 11.5. The lowest BCUT2D eigenvalue weighted by atomic mass is 9.99. The minimum atomic E-state index is -3.06. The Morgan fingerprint density at radius 2 is 1.94 bits per heavy atom. The Kier molecular flexibility index (Phi) is 7.85. The zero-order valence-electron chi connectivity index (χ0n) is 17.1. The SMILES string of the molecule is Cc1[nH]c(=O)c(C#N)c(C)c1CCC(=O)OC(C)C(=O)Nc1ccccc1OC(F)F. The lowest BCUT2D eigenvalue weighted by molar-refractivity contribution is -0.153. The number of hydrogen-bond donors (Lipinski definition) is 2. The topological polar surface area (TPSA) is 121 Å². The zero-order chi connectivity index (χ0) is 23.1. The van der Waals surface area contributed by atoms with Crippen LogP contribution in [-0.4, -0.2) is 29.6 Å². The fourth-order valence-corrected chi connectivity index (χ4v) is 2.96. The second-order valence-corrected chi connectivity index (χ2v) is 6.67. The van der Waals surface area contributed by atoms with Crippen LogP contribution in [-0.2, 0) is 20.7 Å². The van der Waals surface area contributed by atoms with Crippen LogP contribution in [0.5, 0.6) is 5.75 Å². The number of rotatable bonds is 8. The highest BCUT2D eigenvalue weighted by atomic mass is 19.3. The molecule has 1 aromatic carbocycles. The average molecular weight is 433 g/mol. The van der Waals surface area contributed by atoms with Gasteiger partial charge in [0.1, 0.15) is 17.4 Å². The van der Waals surface area contributed by atoms with E-state index in [1.807, 2.05) is 6.07 Å². The average Bonchev–Trinajstić information content (AvgIpc) is 2.68. The smallest absolute Gasteiger partial charge is 0.387 e. The van der Waals surface area contributed by atoms with E-state index < -0.39 is 30.2 Å². The molecule has 0 aliphatic heterocycles. The molecule has 1 amide bonds. The van der Waals surface area contributed by atoms with Gasteiger partial charge in [0.15, 0.2) is 6.10 Å². The molecule has 1 unspecified atom stereocenters. The van der Waals surface area contributed by atoms with Crippen LogP contribution in [0.1, 0.15) is 35.7 Å². The Labute approximate surface area is 176 Å². The molecule has 2 aromatic rings. The highest BCUT2D eigenvalue weighted by molar-refractivity contribution is 5.96. The molecule has 1 aromatic heterocycles. The lowest BCUT2D eigenvalue weighted by Gasteiger charge is -2.16. The Morgan fingerprint density at radius 1 is 1.26 bits per heavy atom. The molecule has 0 fully saturated rings. The van der Waals surface area contributed by atoms with Crippen molar-refractivity contribution in [3.05, 3.63) is 57.0 Å². The number of hydrogen-bond acceptors (Lipinski definition) is 6. The first-order valence-electron chi connectivity index (χ1n) is 9.30. The van der Waals surface area contributed by atoms with Gasteiger partial charge in [0.2, 0.25) is 0 Å². The molecule has 1 heterocycles. The van der Waals surface area contributed by atoms with Gasteiger partial charge in [0, 0.05) is 12.1 Å². The molecular weight excluding hydrogens is 412 g/mol. The van der Waals surface area contributed by atoms with Gasteiger partial charge in [-0.05, 0) is 50.5 Å². The van der Waals surface area contributed by atoms with Crippen LogP contribution in [0.2, 0.25) is 0 Å². The minimum absolute atomic E-state index is 0.0132. The van der Waals surface area contributed by atoms with Gasteiger partial charge < -0.3 is 19.8 Å². The number of carbonyl (C=O) groups excluding carboxylic acids is 2. The number of aromatic nitrogens is 1. The molecule has 0 bridgehead atoms. The summed E-state index contributed by atoms with van der Waals surface area (Å²) in [6, 6.07) is 7.47. The van der Waals surface area contributed by atoms with Gasteiger partial charge in [-0.25, -0.2) is 0 Å². The van der Waals surface area contributed by atoms with Crippen molar-refractivity contribution in [2.45, 2.75) is 46.3 Å². The monoisotopic (exact) mass is 433 g/mol. The molecule has 31 heavy (non-hydrogen) atoms. The van der Waals surface area contributed by atoms with Gasteiger partial charge in [-0.15, -0.1) is 0 Å². The number of nitrogens with zero attached hydrogens (tertiary/aromatic N) is 1. The number of alkyl halides is 2. The number of nitriles is 1. The molecule has 0 aliphatic rings. The Bertz CT molecular complexity index is 1080. The summed E-state index contributed by atoms with van der Waals surface area (Å²) in [6.07, 6.45) is -1.10. The number of esters is 1. The standard InChI is InChI=1S/C21H21F2N3O5/c1-11-14(12(2)25-20(29)15(11)10-24)8-9-18(27)30-13(3)19(28)26-16-6-4-5-7-17(16)31-21(22)23/h4-7,13,21H,8-9H2,1-3H3,(H,25,29)(H,26,28). The van der Waals surface area contributed by atoms with E-state index >= 15 is 0 Å². The van der Waals surface area contributed by atoms with Crippen molar-refractivity contribution >= 4 is 17.6 Å². The zero-order valence-corrected chi connectivity index (χ0v) is 17.1. The third-order valence-electron chi connectivity index (χ3n) is 4.54. The highest BCUT2D eigenvalue weighted by Gasteiger charge is 2.21. The van der Waals surface area contributed by atoms with E-state index in [1.165, 1.54) is 31.2 Å². The number of H-pyrrole nitrogens is 1. The molecule has 164 valence electrons. The van der Waals surface area contributed by atoms with Crippen molar-refractivity contribution in [2.75, 3.05) is 5.32 Å². The Hall–Kier alpha value is -3.74. The molecule has 2 N–H and O–H groups in total. The summed E-state index contributed by atoms with van der Waals surface area (Å²) in [5.41, 5.74) is 1.16. The number of nitrogens with one attached hydrogen (secondary N) is 2. The summed E-state index contributed by atoms with van der Waals surface area (Å²) in [5, 5.41) is 11.5. The number of benzene rings is 1. The van der Waals surface area contributed by atoms with Crippen molar-refractivity contribution in [1.82, 2.24) is 4.98 Å². The molecular formula is C21H21F2N3O5. The summed E-state index contributed by atoms with van der Waals surface area (Å²) in [6.45, 7) is 1.56. The number of halogens is 2. The molecule has 10 heteroatoms. The molecule has 2 rings (SSSR count). The summed E-state index contributed by atoms with van der Waals surface area (Å²) in [4.78, 5) is 38.8. The van der Waals surface area contributed by atoms with Crippen molar-refractivity contribution in [3.63, 3.8) is 0 Å². The van der Waals surface area contributed by atoms with Gasteiger partial charge in [0.25, 0.3) is 11.5 Å². The molecule has 0 saturated heterocycles. The number of para-hydroxylation sites is 2. The first-order chi connectivity index (χ1) is 14.6. The van der Waals surface area contributed by atoms with Crippen LogP contribution in [0.3, 0.4) is 0 Å². The van der Waals surface area contributed by atoms with Crippen LogP contribution in [0, 0.1) is 25.2 Å². The van der Waals surface area contributed by atoms with Crippen LogP contribution >= 0.6 is 0 Å². The lowest BCUT2D eigenvalue weighted by Crippen LogP contribution is -2.30. The van der Waals surface area contributed by atoms with Gasteiger partial charge >= 0.3 is 12.6 Å². The first kappa shape index (κ1) is 23.5. The molecule has 8 nitrogen and oxygen atoms in total. The number of amides is 1. The van der Waals surface area contributed by atoms with E-state index in [2.05, 4.69) is 15.0 Å². The van der Waals surface area contributed by atoms with Crippen LogP contribution < -0.4 is 15.6 Å². The van der Waals surface area contributed by atoms with E-state index in [4.69, 9.17) is 10.00 Å². The molecule has 0 radical (unpaired) electrons. The second-order valence-electron chi connectivity index (χ2n) is 6.67. The second kappa shape index (κ2) is 10.3. The maximum absolute atomic E-state index is 12.5. The number of ether oxygens (including phenoxy) is 2. The van der Waals surface area contributed by atoms with Gasteiger partial charge in [0.05, 0.1) is 5.69 Å². The Morgan fingerprint density at radius 3 is 2.58 bits per heavy atom. The fraction of sp³-hybridized carbons (Fsp3) is 0.333. The van der Waals surface area contributed by atoms with Crippen LogP contribution in [0.4, 0.5) is 14.5 Å². The molecule has 1 atom stereocenters. The molecule has 0 aliphatic carbocycles. The number of carbonyl (C=O) groups is 2. The van der Waals surface area contributed by atoms with Crippen LogP contribution in [0.15, 0.2) is 29.1 Å². The summed E-state index contributed by atoms with van der Waals surface area (Å²) >= 11 is 0. The number of anilines is 1. The largest absolute Gasteiger partial charge is 0.453 e. The third kappa shape index (κ3) is 6.12. The Balaban J connectivity index is 1.99. The minimum Gasteiger partial charge on any atom is -0.453 e. The maximum Gasteiger partial charge on any atom is 0.387 e. The quantitative estimate of drug-likeness (QED) is 0.618. The fourth-order valence-electron chi connectivity index (χ4n) is 2.96. The highest BCUT2D eigenvalue weighted by Crippen LogP contribution is 2.25. The van der Waals surface area contributed by atoms with Gasteiger partial charge in [-0.1, -0.05) is 12.1 Å². The predicted molar refractivity (Wildman–Crippen MR) is 107 cm³/mol. The predicted octanol–water partition coefficient (Wildman–Crippen LogP) is 2.97. The van der Waals surface area contributed by atoms with Crippen molar-refractivity contribution in [1.29, 1.82) is 5.26 Å². The van der Waals surface area contributed by atoms with Crippen molar-refractivity contribution < 1.29 is 27.8 Å². The summed E-state index contributed by atoms with van der Waals surface area (Å²) in [7, 11) is 0. The van der Waals surface area contributed by atoms with E-state index in [0.717, 1.165) is 0 Å². The number of aryl methyl sites for hydroxylation is 1. The molecule has 0 saturated carbocycles. The van der Waals surface area contributed by atoms with Crippen LogP contribution in [0.25, 0.3) is 0 Å². The van der Waals surface area contributed by atoms with E-state index in [1.54, 1.807) is 13.8 Å². The maximum atomic E-state index is 12.5. The van der Waals surface area contributed by atoms with E-state index in [0.29, 0.717) is 16.8 Å². The summed E-state index contributed by atoms with van der Waals surface area (Å²) < 4.78 is 34.4. The van der Waals surface area contributed by atoms with E-state index in [-0.39, 0.29) is 29.8 Å². The van der Waals surface area contributed by atoms with Crippen molar-refractivity contribution in [2.24, 2.45) is 0 Å². The summed E-state index contributed by atoms with van der Waals surface area (Å²) in [5.74, 6) is -1.62. The first-order valence-corrected chi connectivity index (χ1v) is 9.30. The van der Waals surface area contributed by atoms with Gasteiger partial charge in [-0.3, -0.25) is 14.4 Å².